The van der Waals surface area contributed by atoms with E-state index in [-0.39, 0.29) is 0 Å². The van der Waals surface area contributed by atoms with Crippen molar-refractivity contribution in [1.29, 1.82) is 0 Å². The molecule has 0 aromatic rings. The molecule has 0 heterocycles. The van der Waals surface area contributed by atoms with Gasteiger partial charge in [0.15, 0.2) is 0 Å². The lowest BCUT2D eigenvalue weighted by molar-refractivity contribution is 0.765. The summed E-state index contributed by atoms with van der Waals surface area (Å²) >= 11 is 0. The molecule has 0 aromatic heterocycles. The third-order valence-corrected chi connectivity index (χ3v) is 1.95. The van der Waals surface area contributed by atoms with Crippen molar-refractivity contribution >= 4 is 0 Å². The van der Waals surface area contributed by atoms with Gasteiger partial charge in [-0.2, -0.15) is 0 Å². The molecule has 8 heavy (non-hydrogen) atoms. The first-order valence-corrected chi connectivity index (χ1v) is 3.45. The second-order valence-corrected chi connectivity index (χ2v) is 2.78. The number of allylic oxidation sites excluding steroid dienone is 2. The van der Waals surface area contributed by atoms with Gasteiger partial charge in [0.1, 0.15) is 0 Å². The van der Waals surface area contributed by atoms with E-state index in [2.05, 4.69) is 26.0 Å². The Labute approximate surface area is 51.6 Å². The van der Waals surface area contributed by atoms with Crippen molar-refractivity contribution in [2.45, 2.75) is 26.7 Å². The van der Waals surface area contributed by atoms with E-state index in [0.717, 1.165) is 11.8 Å². The van der Waals surface area contributed by atoms with Crippen LogP contribution in [0.2, 0.25) is 0 Å². The molecule has 46 valence electrons. The standard InChI is InChI=1S/C8H14/c1-3-4-5-8-6-7(8)2/h3-4,7-8H,5-6H2,1-2H3/t7-,8?/m0/s1. The molecule has 1 saturated carbocycles. The largest absolute Gasteiger partial charge is 0.0917 e. The molecule has 1 aliphatic carbocycles. The van der Waals surface area contributed by atoms with Crippen molar-refractivity contribution in [1.82, 2.24) is 0 Å². The van der Waals surface area contributed by atoms with Crippen molar-refractivity contribution in [2.75, 3.05) is 0 Å². The first kappa shape index (κ1) is 5.87. The maximum absolute atomic E-state index is 2.33. The van der Waals surface area contributed by atoms with Gasteiger partial charge in [-0.15, -0.1) is 0 Å². The van der Waals surface area contributed by atoms with Gasteiger partial charge in [-0.05, 0) is 31.6 Å². The van der Waals surface area contributed by atoms with Gasteiger partial charge in [-0.3, -0.25) is 0 Å². The van der Waals surface area contributed by atoms with E-state index < -0.39 is 0 Å². The van der Waals surface area contributed by atoms with Crippen LogP contribution in [0, 0.1) is 11.8 Å². The van der Waals surface area contributed by atoms with E-state index in [0.29, 0.717) is 0 Å². The predicted octanol–water partition coefficient (Wildman–Crippen LogP) is 2.61. The quantitative estimate of drug-likeness (QED) is 0.479. The van der Waals surface area contributed by atoms with Crippen molar-refractivity contribution in [3.8, 4) is 0 Å². The van der Waals surface area contributed by atoms with Crippen LogP contribution in [-0.4, -0.2) is 0 Å². The third-order valence-electron chi connectivity index (χ3n) is 1.95. The van der Waals surface area contributed by atoms with Crippen molar-refractivity contribution < 1.29 is 0 Å². The van der Waals surface area contributed by atoms with E-state index in [4.69, 9.17) is 0 Å². The highest BCUT2D eigenvalue weighted by molar-refractivity contribution is 4.90. The Hall–Kier alpha value is -0.260. The fourth-order valence-corrected chi connectivity index (χ4v) is 1.04. The van der Waals surface area contributed by atoms with Crippen LogP contribution in [0.4, 0.5) is 0 Å². The summed E-state index contributed by atoms with van der Waals surface area (Å²) < 4.78 is 0. The summed E-state index contributed by atoms with van der Waals surface area (Å²) in [4.78, 5) is 0. The lowest BCUT2D eigenvalue weighted by Crippen LogP contribution is -1.71. The molecule has 0 saturated heterocycles. The number of hydrogen-bond acceptors (Lipinski definition) is 0. The molecule has 1 aliphatic rings. The van der Waals surface area contributed by atoms with Gasteiger partial charge in [0.2, 0.25) is 0 Å². The normalized spacial score (nSPS) is 36.2. The topological polar surface area (TPSA) is 0 Å². The lowest BCUT2D eigenvalue weighted by atomic mass is 10.2. The molecule has 0 spiro atoms. The summed E-state index contributed by atoms with van der Waals surface area (Å²) in [6.07, 6.45) is 7.20. The van der Waals surface area contributed by atoms with Crippen LogP contribution in [0.15, 0.2) is 12.2 Å². The number of hydrogen-bond donors (Lipinski definition) is 0. The van der Waals surface area contributed by atoms with Crippen LogP contribution >= 0.6 is 0 Å². The zero-order valence-corrected chi connectivity index (χ0v) is 5.72. The molecule has 0 nitrogen and oxygen atoms in total. The second-order valence-electron chi connectivity index (χ2n) is 2.78. The highest BCUT2D eigenvalue weighted by atomic mass is 14.4. The summed E-state index contributed by atoms with van der Waals surface area (Å²) in [5.41, 5.74) is 0. The van der Waals surface area contributed by atoms with Crippen LogP contribution in [0.25, 0.3) is 0 Å². The zero-order valence-electron chi connectivity index (χ0n) is 5.72. The Morgan fingerprint density at radius 2 is 2.25 bits per heavy atom. The molecule has 0 aliphatic heterocycles. The van der Waals surface area contributed by atoms with Gasteiger partial charge < -0.3 is 0 Å². The predicted molar refractivity (Wildman–Crippen MR) is 36.7 cm³/mol. The van der Waals surface area contributed by atoms with E-state index in [1.807, 2.05) is 0 Å². The molecule has 0 N–H and O–H groups in total. The van der Waals surface area contributed by atoms with Crippen molar-refractivity contribution in [3.05, 3.63) is 12.2 Å². The molecule has 0 amide bonds. The van der Waals surface area contributed by atoms with Gasteiger partial charge in [-0.25, -0.2) is 0 Å². The maximum atomic E-state index is 2.33. The van der Waals surface area contributed by atoms with Gasteiger partial charge in [0.05, 0.1) is 0 Å². The number of rotatable bonds is 2. The van der Waals surface area contributed by atoms with E-state index >= 15 is 0 Å². The molecule has 0 bridgehead atoms. The fourth-order valence-electron chi connectivity index (χ4n) is 1.04. The molecular weight excluding hydrogens is 96.1 g/mol. The highest BCUT2D eigenvalue weighted by Crippen LogP contribution is 2.40. The van der Waals surface area contributed by atoms with Gasteiger partial charge in [0, 0.05) is 0 Å². The minimum absolute atomic E-state index is 1.02. The molecular formula is C8H14. The molecule has 2 atom stereocenters. The fraction of sp³-hybridized carbons (Fsp3) is 0.750. The van der Waals surface area contributed by atoms with Crippen molar-refractivity contribution in [3.63, 3.8) is 0 Å². The van der Waals surface area contributed by atoms with Crippen LogP contribution in [-0.2, 0) is 0 Å². The SMILES string of the molecule is CC=CCC1C[C@@H]1C. The first-order valence-electron chi connectivity index (χ1n) is 3.45. The minimum Gasteiger partial charge on any atom is -0.0917 e. The summed E-state index contributed by atoms with van der Waals surface area (Å²) in [5, 5.41) is 0. The van der Waals surface area contributed by atoms with E-state index in [9.17, 15) is 0 Å². The van der Waals surface area contributed by atoms with Crippen LogP contribution in [0.3, 0.4) is 0 Å². The van der Waals surface area contributed by atoms with Crippen LogP contribution < -0.4 is 0 Å². The van der Waals surface area contributed by atoms with Gasteiger partial charge >= 0.3 is 0 Å². The summed E-state index contributed by atoms with van der Waals surface area (Å²) in [5.74, 6) is 2.05. The maximum Gasteiger partial charge on any atom is -0.0320 e. The molecule has 0 aromatic carbocycles. The molecule has 1 fully saturated rings. The smallest absolute Gasteiger partial charge is 0.0320 e. The first-order chi connectivity index (χ1) is 3.84. The molecule has 1 unspecified atom stereocenters. The average molecular weight is 110 g/mol. The molecule has 0 heteroatoms. The Morgan fingerprint density at radius 3 is 2.62 bits per heavy atom. The Bertz CT molecular complexity index is 92.2. The Morgan fingerprint density at radius 1 is 1.62 bits per heavy atom. The summed E-state index contributed by atoms with van der Waals surface area (Å²) in [6.45, 7) is 4.42. The Kier molecular flexibility index (Phi) is 1.72. The summed E-state index contributed by atoms with van der Waals surface area (Å²) in [7, 11) is 0. The molecule has 0 radical (unpaired) electrons. The van der Waals surface area contributed by atoms with Gasteiger partial charge in [-0.1, -0.05) is 19.1 Å². The Balaban J connectivity index is 2.05. The summed E-state index contributed by atoms with van der Waals surface area (Å²) in [6, 6.07) is 0. The van der Waals surface area contributed by atoms with Crippen LogP contribution in [0.5, 0.6) is 0 Å². The molecule has 1 rings (SSSR count). The average Bonchev–Trinajstić information content (AvgIpc) is 2.42. The highest BCUT2D eigenvalue weighted by Gasteiger charge is 2.30. The minimum atomic E-state index is 1.02. The third kappa shape index (κ3) is 1.36. The van der Waals surface area contributed by atoms with E-state index in [1.54, 1.807) is 0 Å². The lowest BCUT2D eigenvalue weighted by Gasteiger charge is -1.84. The van der Waals surface area contributed by atoms with E-state index in [1.165, 1.54) is 12.8 Å². The zero-order chi connectivity index (χ0) is 5.98. The van der Waals surface area contributed by atoms with Crippen LogP contribution in [0.1, 0.15) is 26.7 Å². The van der Waals surface area contributed by atoms with Gasteiger partial charge in [0.25, 0.3) is 0 Å². The monoisotopic (exact) mass is 110 g/mol. The second kappa shape index (κ2) is 2.34. The van der Waals surface area contributed by atoms with Crippen molar-refractivity contribution in [2.24, 2.45) is 11.8 Å².